The minimum Gasteiger partial charge on any atom is -0.481 e. The number of amides is 2. The third-order valence-electron chi connectivity index (χ3n) is 7.01. The van der Waals surface area contributed by atoms with E-state index in [0.717, 1.165) is 19.3 Å². The van der Waals surface area contributed by atoms with Crippen molar-refractivity contribution >= 4 is 29.5 Å². The number of carbonyl (C=O) groups is 3. The van der Waals surface area contributed by atoms with Gasteiger partial charge in [-0.2, -0.15) is 0 Å². The van der Waals surface area contributed by atoms with Crippen molar-refractivity contribution in [1.82, 2.24) is 9.80 Å². The Hall–Kier alpha value is -1.54. The van der Waals surface area contributed by atoms with Crippen LogP contribution < -0.4 is 0 Å². The highest BCUT2D eigenvalue weighted by atomic mass is 32.2. The molecule has 0 aliphatic carbocycles. The number of rotatable bonds is 11. The van der Waals surface area contributed by atoms with Crippen LogP contribution in [0.1, 0.15) is 46.0 Å². The van der Waals surface area contributed by atoms with E-state index in [-0.39, 0.29) is 29.6 Å². The average Bonchev–Trinajstić information content (AvgIpc) is 3.29. The van der Waals surface area contributed by atoms with Gasteiger partial charge in [0, 0.05) is 31.5 Å². The van der Waals surface area contributed by atoms with Gasteiger partial charge in [-0.25, -0.2) is 0 Å². The molecule has 168 valence electrons. The van der Waals surface area contributed by atoms with Crippen molar-refractivity contribution in [3.63, 3.8) is 0 Å². The van der Waals surface area contributed by atoms with E-state index in [9.17, 15) is 24.6 Å². The normalized spacial score (nSPS) is 34.3. The van der Waals surface area contributed by atoms with Gasteiger partial charge in [-0.15, -0.1) is 18.3 Å². The first kappa shape index (κ1) is 23.1. The number of likely N-dealkylation sites (tertiary alicyclic amines) is 1. The van der Waals surface area contributed by atoms with E-state index in [1.165, 1.54) is 0 Å². The molecule has 2 N–H and O–H groups in total. The first-order valence-corrected chi connectivity index (χ1v) is 11.9. The van der Waals surface area contributed by atoms with Crippen LogP contribution in [0.2, 0.25) is 0 Å². The molecule has 7 nitrogen and oxygen atoms in total. The highest BCUT2D eigenvalue weighted by molar-refractivity contribution is 8.02. The molecule has 3 aliphatic heterocycles. The topological polar surface area (TPSA) is 98.2 Å². The minimum atomic E-state index is -0.933. The Bertz CT molecular complexity index is 701. The van der Waals surface area contributed by atoms with Gasteiger partial charge >= 0.3 is 5.97 Å². The standard InChI is InChI=1S/C22H34N2O5S/c1-4-6-10-23(9-5-2)20(27)18-22-14(3)13-15(30-22)16(21(28)29)17(22)19(26)24(18)11-7-8-12-25/h5,14-18,25H,2,4,6-13H2,1,3H3,(H,28,29)/t14?,15-,16+,17-,18?,22?/m0/s1. The Morgan fingerprint density at radius 1 is 1.37 bits per heavy atom. The maximum Gasteiger partial charge on any atom is 0.308 e. The van der Waals surface area contributed by atoms with Gasteiger partial charge in [0.15, 0.2) is 0 Å². The van der Waals surface area contributed by atoms with Crippen molar-refractivity contribution in [1.29, 1.82) is 0 Å². The van der Waals surface area contributed by atoms with E-state index in [1.54, 1.807) is 27.6 Å². The summed E-state index contributed by atoms with van der Waals surface area (Å²) in [6, 6.07) is -0.653. The second kappa shape index (κ2) is 9.30. The van der Waals surface area contributed by atoms with Crippen molar-refractivity contribution < 1.29 is 24.6 Å². The Kier molecular flexibility index (Phi) is 7.17. The molecule has 3 saturated heterocycles. The summed E-state index contributed by atoms with van der Waals surface area (Å²) in [6.45, 7) is 9.33. The highest BCUT2D eigenvalue weighted by Gasteiger charge is 2.76. The Balaban J connectivity index is 2.01. The molecule has 3 aliphatic rings. The first-order valence-electron chi connectivity index (χ1n) is 11.1. The summed E-state index contributed by atoms with van der Waals surface area (Å²) in [5, 5.41) is 19.0. The van der Waals surface area contributed by atoms with Crippen LogP contribution in [-0.4, -0.2) is 80.1 Å². The Labute approximate surface area is 182 Å². The molecule has 8 heteroatoms. The number of fused-ring (bicyclic) bond motifs is 1. The lowest BCUT2D eigenvalue weighted by molar-refractivity contribution is -0.149. The fourth-order valence-corrected chi connectivity index (χ4v) is 8.09. The van der Waals surface area contributed by atoms with Crippen LogP contribution in [0.15, 0.2) is 12.7 Å². The van der Waals surface area contributed by atoms with Crippen LogP contribution in [0.25, 0.3) is 0 Å². The smallest absolute Gasteiger partial charge is 0.308 e. The van der Waals surface area contributed by atoms with Gasteiger partial charge in [-0.3, -0.25) is 14.4 Å². The fourth-order valence-electron chi connectivity index (χ4n) is 5.68. The molecule has 0 aromatic heterocycles. The molecular formula is C22H34N2O5S. The summed E-state index contributed by atoms with van der Waals surface area (Å²) in [5.41, 5.74) is 0. The zero-order chi connectivity index (χ0) is 22.1. The van der Waals surface area contributed by atoms with Gasteiger partial charge in [0.2, 0.25) is 11.8 Å². The molecule has 3 heterocycles. The van der Waals surface area contributed by atoms with Crippen LogP contribution >= 0.6 is 11.8 Å². The number of nitrogens with zero attached hydrogens (tertiary/aromatic N) is 2. The van der Waals surface area contributed by atoms with Crippen LogP contribution in [-0.2, 0) is 14.4 Å². The van der Waals surface area contributed by atoms with E-state index >= 15 is 0 Å². The molecule has 6 atom stereocenters. The van der Waals surface area contributed by atoms with E-state index < -0.39 is 28.6 Å². The van der Waals surface area contributed by atoms with Crippen molar-refractivity contribution in [3.05, 3.63) is 12.7 Å². The number of carbonyl (C=O) groups excluding carboxylic acids is 2. The number of hydrogen-bond acceptors (Lipinski definition) is 5. The molecule has 3 unspecified atom stereocenters. The molecule has 0 aromatic carbocycles. The Morgan fingerprint density at radius 2 is 2.10 bits per heavy atom. The van der Waals surface area contributed by atoms with Gasteiger partial charge in [0.05, 0.1) is 16.6 Å². The lowest BCUT2D eigenvalue weighted by Gasteiger charge is -2.40. The van der Waals surface area contributed by atoms with E-state index in [1.807, 2.05) is 0 Å². The zero-order valence-electron chi connectivity index (χ0n) is 18.0. The second-order valence-corrected chi connectivity index (χ2v) is 10.3. The number of unbranched alkanes of at least 4 members (excludes halogenated alkanes) is 2. The van der Waals surface area contributed by atoms with Gasteiger partial charge in [0.1, 0.15) is 6.04 Å². The van der Waals surface area contributed by atoms with E-state index in [2.05, 4.69) is 20.4 Å². The number of aliphatic hydroxyl groups excluding tert-OH is 1. The van der Waals surface area contributed by atoms with Gasteiger partial charge in [-0.05, 0) is 31.6 Å². The summed E-state index contributed by atoms with van der Waals surface area (Å²) in [4.78, 5) is 42.9. The largest absolute Gasteiger partial charge is 0.481 e. The summed E-state index contributed by atoms with van der Waals surface area (Å²) in [5.74, 6) is -2.53. The number of hydrogen-bond donors (Lipinski definition) is 2. The number of carboxylic acid groups (broad SMARTS) is 1. The number of thioether (sulfide) groups is 1. The molecule has 2 amide bonds. The molecular weight excluding hydrogens is 404 g/mol. The van der Waals surface area contributed by atoms with Crippen molar-refractivity contribution in [3.8, 4) is 0 Å². The predicted octanol–water partition coefficient (Wildman–Crippen LogP) is 2.00. The maximum absolute atomic E-state index is 13.9. The van der Waals surface area contributed by atoms with Crippen molar-refractivity contribution in [2.45, 2.75) is 62.0 Å². The molecule has 0 aromatic rings. The number of aliphatic carboxylic acids is 1. The van der Waals surface area contributed by atoms with Gasteiger partial charge in [-0.1, -0.05) is 26.3 Å². The monoisotopic (exact) mass is 438 g/mol. The molecule has 30 heavy (non-hydrogen) atoms. The summed E-state index contributed by atoms with van der Waals surface area (Å²) in [6.07, 6.45) is 5.37. The number of carboxylic acids is 1. The van der Waals surface area contributed by atoms with Crippen LogP contribution in [0.5, 0.6) is 0 Å². The van der Waals surface area contributed by atoms with Crippen molar-refractivity contribution in [2.24, 2.45) is 17.8 Å². The number of aliphatic hydroxyl groups is 1. The minimum absolute atomic E-state index is 0.0271. The third-order valence-corrected chi connectivity index (χ3v) is 9.09. The third kappa shape index (κ3) is 3.55. The lowest BCUT2D eigenvalue weighted by Crippen LogP contribution is -2.57. The second-order valence-electron chi connectivity index (χ2n) is 8.78. The van der Waals surface area contributed by atoms with Crippen molar-refractivity contribution in [2.75, 3.05) is 26.2 Å². The van der Waals surface area contributed by atoms with E-state index in [4.69, 9.17) is 0 Å². The summed E-state index contributed by atoms with van der Waals surface area (Å²) >= 11 is 1.57. The molecule has 1 spiro atoms. The zero-order valence-corrected chi connectivity index (χ0v) is 18.8. The first-order chi connectivity index (χ1) is 14.3. The molecule has 0 radical (unpaired) electrons. The molecule has 0 saturated carbocycles. The summed E-state index contributed by atoms with van der Waals surface area (Å²) < 4.78 is -0.688. The quantitative estimate of drug-likeness (QED) is 0.378. The van der Waals surface area contributed by atoms with Crippen LogP contribution in [0.3, 0.4) is 0 Å². The maximum atomic E-state index is 13.9. The predicted molar refractivity (Wildman–Crippen MR) is 116 cm³/mol. The molecule has 3 fully saturated rings. The van der Waals surface area contributed by atoms with Crippen LogP contribution in [0, 0.1) is 17.8 Å². The Morgan fingerprint density at radius 3 is 2.70 bits per heavy atom. The molecule has 3 rings (SSSR count). The SMILES string of the molecule is C=CCN(CCCC)C(=O)C1N(CCCCO)C(=O)[C@@H]2[C@H](C(=O)O)[C@@H]3CC(C)C12S3. The van der Waals surface area contributed by atoms with Gasteiger partial charge < -0.3 is 20.0 Å². The van der Waals surface area contributed by atoms with Crippen LogP contribution in [0.4, 0.5) is 0 Å². The highest BCUT2D eigenvalue weighted by Crippen LogP contribution is 2.68. The van der Waals surface area contributed by atoms with Gasteiger partial charge in [0.25, 0.3) is 0 Å². The fraction of sp³-hybridized carbons (Fsp3) is 0.773. The molecule has 2 bridgehead atoms. The lowest BCUT2D eigenvalue weighted by atomic mass is 9.66. The summed E-state index contributed by atoms with van der Waals surface area (Å²) in [7, 11) is 0. The average molecular weight is 439 g/mol. The van der Waals surface area contributed by atoms with E-state index in [0.29, 0.717) is 32.5 Å².